The molecular weight excluding hydrogens is 328 g/mol. The molecule has 0 atom stereocenters. The number of H-pyrrole nitrogens is 1. The molecule has 4 rings (SSSR count). The molecule has 7 heteroatoms. The molecule has 1 N–H and O–H groups in total. The van der Waals surface area contributed by atoms with E-state index in [2.05, 4.69) is 9.97 Å². The molecule has 0 aliphatic heterocycles. The van der Waals surface area contributed by atoms with E-state index in [0.29, 0.717) is 17.1 Å². The molecule has 1 aliphatic rings. The molecule has 0 spiro atoms. The molecule has 0 saturated heterocycles. The number of pyridine rings is 2. The first-order chi connectivity index (χ1) is 12.0. The minimum Gasteiger partial charge on any atom is -0.343 e. The highest BCUT2D eigenvalue weighted by molar-refractivity contribution is 5.95. The van der Waals surface area contributed by atoms with Gasteiger partial charge in [-0.15, -0.1) is 0 Å². The van der Waals surface area contributed by atoms with Crippen LogP contribution in [-0.2, 0) is 6.42 Å². The third kappa shape index (κ3) is 3.09. The number of rotatable bonds is 5. The average molecular weight is 343 g/mol. The molecule has 0 bridgehead atoms. The van der Waals surface area contributed by atoms with Gasteiger partial charge in [0.25, 0.3) is 6.43 Å². The van der Waals surface area contributed by atoms with E-state index >= 15 is 0 Å². The molecule has 0 radical (unpaired) electrons. The summed E-state index contributed by atoms with van der Waals surface area (Å²) in [6.07, 6.45) is 2.90. The van der Waals surface area contributed by atoms with E-state index in [9.17, 15) is 18.4 Å². The van der Waals surface area contributed by atoms with Gasteiger partial charge in [-0.05, 0) is 25.0 Å². The van der Waals surface area contributed by atoms with Crippen molar-refractivity contribution in [1.29, 1.82) is 0 Å². The zero-order valence-corrected chi connectivity index (χ0v) is 13.2. The Bertz CT molecular complexity index is 1020. The van der Waals surface area contributed by atoms with Gasteiger partial charge in [-0.1, -0.05) is 6.07 Å². The molecule has 3 aromatic heterocycles. The number of imidazole rings is 1. The Balaban J connectivity index is 1.63. The predicted octanol–water partition coefficient (Wildman–Crippen LogP) is 3.26. The molecule has 1 aliphatic carbocycles. The fourth-order valence-electron chi connectivity index (χ4n) is 2.86. The standard InChI is InChI=1S/C18H15F2N3O2/c19-18(20)13-3-1-2-12(21-13)16(25)6-11-8-23-9-14(10-4-5-10)22-17(23)7-15(11)24/h1-3,7-10,18,22H,4-6H2. The van der Waals surface area contributed by atoms with E-state index in [1.807, 2.05) is 6.20 Å². The number of hydrogen-bond donors (Lipinski definition) is 1. The molecule has 3 aromatic rings. The van der Waals surface area contributed by atoms with Gasteiger partial charge in [-0.3, -0.25) is 9.59 Å². The molecule has 128 valence electrons. The van der Waals surface area contributed by atoms with Gasteiger partial charge in [-0.2, -0.15) is 0 Å². The maximum Gasteiger partial charge on any atom is 0.280 e. The second-order valence-corrected chi connectivity index (χ2v) is 6.29. The van der Waals surface area contributed by atoms with Gasteiger partial charge in [0.15, 0.2) is 11.2 Å². The number of aromatic amines is 1. The van der Waals surface area contributed by atoms with E-state index in [1.54, 1.807) is 10.6 Å². The predicted molar refractivity (Wildman–Crippen MR) is 87.2 cm³/mol. The second kappa shape index (κ2) is 5.91. The molecule has 0 unspecified atom stereocenters. The van der Waals surface area contributed by atoms with Crippen LogP contribution in [0.2, 0.25) is 0 Å². The molecule has 3 heterocycles. The molecule has 1 saturated carbocycles. The summed E-state index contributed by atoms with van der Waals surface area (Å²) in [4.78, 5) is 31.5. The van der Waals surface area contributed by atoms with Gasteiger partial charge in [-0.25, -0.2) is 13.8 Å². The summed E-state index contributed by atoms with van der Waals surface area (Å²) >= 11 is 0. The third-order valence-electron chi connectivity index (χ3n) is 4.36. The van der Waals surface area contributed by atoms with E-state index in [0.717, 1.165) is 18.5 Å². The number of nitrogens with one attached hydrogen (secondary N) is 1. The van der Waals surface area contributed by atoms with Gasteiger partial charge < -0.3 is 9.38 Å². The quantitative estimate of drug-likeness (QED) is 0.723. The average Bonchev–Trinajstić information content (AvgIpc) is 3.36. The highest BCUT2D eigenvalue weighted by Crippen LogP contribution is 2.39. The Hall–Kier alpha value is -2.83. The van der Waals surface area contributed by atoms with Crippen LogP contribution >= 0.6 is 0 Å². The number of halogens is 2. The van der Waals surface area contributed by atoms with Crippen molar-refractivity contribution in [3.8, 4) is 0 Å². The Morgan fingerprint density at radius 3 is 2.84 bits per heavy atom. The van der Waals surface area contributed by atoms with Crippen LogP contribution in [0.5, 0.6) is 0 Å². The zero-order valence-electron chi connectivity index (χ0n) is 13.2. The minimum atomic E-state index is -2.74. The summed E-state index contributed by atoms with van der Waals surface area (Å²) in [5.41, 5.74) is 1.30. The number of alkyl halides is 2. The molecule has 5 nitrogen and oxygen atoms in total. The Labute approximate surface area is 141 Å². The summed E-state index contributed by atoms with van der Waals surface area (Å²) in [5, 5.41) is 0. The number of aromatic nitrogens is 3. The van der Waals surface area contributed by atoms with Crippen molar-refractivity contribution >= 4 is 11.4 Å². The topological polar surface area (TPSA) is 67.2 Å². The third-order valence-corrected chi connectivity index (χ3v) is 4.36. The van der Waals surface area contributed by atoms with Crippen LogP contribution in [0.25, 0.3) is 5.65 Å². The Morgan fingerprint density at radius 2 is 2.12 bits per heavy atom. The summed E-state index contributed by atoms with van der Waals surface area (Å²) in [5.74, 6) is 0.0545. The summed E-state index contributed by atoms with van der Waals surface area (Å²) in [6.45, 7) is 0. The Kier molecular flexibility index (Phi) is 3.71. The normalized spacial score (nSPS) is 14.4. The van der Waals surface area contributed by atoms with Gasteiger partial charge >= 0.3 is 0 Å². The maximum atomic E-state index is 12.7. The van der Waals surface area contributed by atoms with Crippen molar-refractivity contribution < 1.29 is 13.6 Å². The summed E-state index contributed by atoms with van der Waals surface area (Å²) in [7, 11) is 0. The van der Waals surface area contributed by atoms with Crippen molar-refractivity contribution in [2.75, 3.05) is 0 Å². The molecular formula is C18H15F2N3O2. The molecule has 25 heavy (non-hydrogen) atoms. The smallest absolute Gasteiger partial charge is 0.280 e. The number of hydrogen-bond acceptors (Lipinski definition) is 3. The van der Waals surface area contributed by atoms with E-state index in [1.165, 1.54) is 24.3 Å². The first-order valence-corrected chi connectivity index (χ1v) is 8.03. The van der Waals surface area contributed by atoms with Crippen LogP contribution in [0.1, 0.15) is 52.6 Å². The monoisotopic (exact) mass is 343 g/mol. The number of carbonyl (C=O) groups is 1. The Morgan fingerprint density at radius 1 is 1.32 bits per heavy atom. The number of carbonyl (C=O) groups excluding carboxylic acids is 1. The van der Waals surface area contributed by atoms with E-state index in [-0.39, 0.29) is 17.5 Å². The van der Waals surface area contributed by atoms with Gasteiger partial charge in [0, 0.05) is 42.1 Å². The van der Waals surface area contributed by atoms with Crippen LogP contribution < -0.4 is 5.43 Å². The zero-order chi connectivity index (χ0) is 17.6. The largest absolute Gasteiger partial charge is 0.343 e. The highest BCUT2D eigenvalue weighted by atomic mass is 19.3. The number of fused-ring (bicyclic) bond motifs is 1. The number of Topliss-reactive ketones (excluding diaryl/α,β-unsaturated/α-hetero) is 1. The maximum absolute atomic E-state index is 12.7. The summed E-state index contributed by atoms with van der Waals surface area (Å²) in [6, 6.07) is 5.37. The fraction of sp³-hybridized carbons (Fsp3) is 0.278. The highest BCUT2D eigenvalue weighted by Gasteiger charge is 2.25. The van der Waals surface area contributed by atoms with Crippen LogP contribution in [0.15, 0.2) is 41.5 Å². The van der Waals surface area contributed by atoms with Crippen molar-refractivity contribution in [3.63, 3.8) is 0 Å². The summed E-state index contributed by atoms with van der Waals surface area (Å²) < 4.78 is 27.2. The number of nitrogens with zero attached hydrogens (tertiary/aromatic N) is 2. The van der Waals surface area contributed by atoms with Crippen LogP contribution in [0, 0.1) is 0 Å². The second-order valence-electron chi connectivity index (χ2n) is 6.29. The SMILES string of the molecule is O=C(Cc1cn2cc(C3CC3)[nH]c2cc1=O)c1cccc(C(F)F)n1. The van der Waals surface area contributed by atoms with Crippen LogP contribution in [0.4, 0.5) is 8.78 Å². The van der Waals surface area contributed by atoms with E-state index in [4.69, 9.17) is 0 Å². The van der Waals surface area contributed by atoms with Crippen molar-refractivity contribution in [1.82, 2.24) is 14.4 Å². The lowest BCUT2D eigenvalue weighted by Gasteiger charge is -2.04. The minimum absolute atomic E-state index is 0.0602. The van der Waals surface area contributed by atoms with E-state index < -0.39 is 17.9 Å². The molecule has 0 amide bonds. The van der Waals surface area contributed by atoms with Gasteiger partial charge in [0.2, 0.25) is 0 Å². The first-order valence-electron chi connectivity index (χ1n) is 8.03. The van der Waals surface area contributed by atoms with Crippen molar-refractivity contribution in [3.05, 3.63) is 69.5 Å². The first kappa shape index (κ1) is 15.7. The molecule has 0 aromatic carbocycles. The van der Waals surface area contributed by atoms with Crippen LogP contribution in [0.3, 0.4) is 0 Å². The van der Waals surface area contributed by atoms with Gasteiger partial charge in [0.05, 0.1) is 0 Å². The molecule has 1 fully saturated rings. The lowest BCUT2D eigenvalue weighted by molar-refractivity contribution is 0.0985. The number of ketones is 1. The lowest BCUT2D eigenvalue weighted by Crippen LogP contribution is -2.15. The fourth-order valence-corrected chi connectivity index (χ4v) is 2.86. The van der Waals surface area contributed by atoms with Gasteiger partial charge in [0.1, 0.15) is 17.0 Å². The lowest BCUT2D eigenvalue weighted by atomic mass is 10.1. The van der Waals surface area contributed by atoms with Crippen molar-refractivity contribution in [2.24, 2.45) is 0 Å². The van der Waals surface area contributed by atoms with Crippen LogP contribution in [-0.4, -0.2) is 20.2 Å². The van der Waals surface area contributed by atoms with Crippen molar-refractivity contribution in [2.45, 2.75) is 31.6 Å².